The lowest BCUT2D eigenvalue weighted by molar-refractivity contribution is 0.0158. The molecule has 17 heavy (non-hydrogen) atoms. The van der Waals surface area contributed by atoms with E-state index in [-0.39, 0.29) is 6.10 Å². The Morgan fingerprint density at radius 1 is 1.47 bits per heavy atom. The molecule has 0 aromatic heterocycles. The molecule has 0 spiro atoms. The van der Waals surface area contributed by atoms with Gasteiger partial charge in [0.1, 0.15) is 24.3 Å². The molecule has 1 atom stereocenters. The fraction of sp³-hybridized carbons (Fsp3) is 0.417. The Morgan fingerprint density at radius 2 is 2.35 bits per heavy atom. The molecule has 5 nitrogen and oxygen atoms in total. The van der Waals surface area contributed by atoms with Crippen LogP contribution in [0.2, 0.25) is 0 Å². The first-order valence-corrected chi connectivity index (χ1v) is 5.61. The minimum absolute atomic E-state index is 0.0731. The molecule has 2 heterocycles. The van der Waals surface area contributed by atoms with Crippen molar-refractivity contribution in [3.63, 3.8) is 0 Å². The van der Waals surface area contributed by atoms with Crippen LogP contribution in [0.5, 0.6) is 5.75 Å². The van der Waals surface area contributed by atoms with Gasteiger partial charge in [-0.3, -0.25) is 0 Å². The molecular weight excluding hydrogens is 218 g/mol. The quantitative estimate of drug-likeness (QED) is 0.667. The minimum atomic E-state index is 0.0731. The minimum Gasteiger partial charge on any atom is -0.487 e. The van der Waals surface area contributed by atoms with Crippen LogP contribution < -0.4 is 15.4 Å². The second kappa shape index (κ2) is 3.82. The number of morpholine rings is 1. The van der Waals surface area contributed by atoms with Crippen molar-refractivity contribution < 1.29 is 9.47 Å². The Kier molecular flexibility index (Phi) is 2.30. The number of benzene rings is 1. The molecule has 5 heteroatoms. The van der Waals surface area contributed by atoms with Crippen LogP contribution in [0.15, 0.2) is 12.1 Å². The molecule has 2 aliphatic heterocycles. The van der Waals surface area contributed by atoms with Gasteiger partial charge in [0.25, 0.3) is 0 Å². The molecule has 2 aliphatic rings. The number of nitrogens with zero attached hydrogens (tertiary/aromatic N) is 2. The highest BCUT2D eigenvalue weighted by molar-refractivity contribution is 5.73. The average molecular weight is 231 g/mol. The maximum Gasteiger partial charge on any atom is 0.162 e. The van der Waals surface area contributed by atoms with Crippen molar-refractivity contribution in [2.75, 3.05) is 36.9 Å². The van der Waals surface area contributed by atoms with E-state index in [1.807, 2.05) is 6.07 Å². The molecule has 0 unspecified atom stereocenters. The van der Waals surface area contributed by atoms with E-state index in [4.69, 9.17) is 20.5 Å². The van der Waals surface area contributed by atoms with Crippen LogP contribution in [-0.2, 0) is 4.74 Å². The lowest BCUT2D eigenvalue weighted by atomic mass is 10.1. The fourth-order valence-electron chi connectivity index (χ4n) is 2.31. The maximum atomic E-state index is 9.15. The first kappa shape index (κ1) is 10.2. The van der Waals surface area contributed by atoms with E-state index in [0.29, 0.717) is 30.2 Å². The van der Waals surface area contributed by atoms with Gasteiger partial charge in [-0.1, -0.05) is 0 Å². The second-order valence-electron chi connectivity index (χ2n) is 4.24. The van der Waals surface area contributed by atoms with Crippen molar-refractivity contribution in [3.8, 4) is 11.8 Å². The van der Waals surface area contributed by atoms with Crippen molar-refractivity contribution in [2.24, 2.45) is 0 Å². The number of ether oxygens (including phenoxy) is 2. The highest BCUT2D eigenvalue weighted by Gasteiger charge is 2.29. The molecule has 3 rings (SSSR count). The van der Waals surface area contributed by atoms with Crippen LogP contribution in [0.25, 0.3) is 0 Å². The molecule has 1 aromatic carbocycles. The van der Waals surface area contributed by atoms with E-state index in [0.717, 1.165) is 18.8 Å². The number of hydrogen-bond acceptors (Lipinski definition) is 5. The average Bonchev–Trinajstić information content (AvgIpc) is 2.47. The third kappa shape index (κ3) is 1.58. The Bertz CT molecular complexity index is 495. The number of anilines is 2. The summed E-state index contributed by atoms with van der Waals surface area (Å²) in [6.45, 7) is 2.80. The summed E-state index contributed by atoms with van der Waals surface area (Å²) < 4.78 is 11.3. The first-order chi connectivity index (χ1) is 8.29. The Balaban J connectivity index is 2.13. The van der Waals surface area contributed by atoms with Crippen molar-refractivity contribution >= 4 is 11.4 Å². The summed E-state index contributed by atoms with van der Waals surface area (Å²) in [6, 6.07) is 5.79. The van der Waals surface area contributed by atoms with Crippen LogP contribution >= 0.6 is 0 Å². The zero-order valence-corrected chi connectivity index (χ0v) is 9.35. The van der Waals surface area contributed by atoms with Gasteiger partial charge >= 0.3 is 0 Å². The van der Waals surface area contributed by atoms with Crippen LogP contribution in [-0.4, -0.2) is 32.4 Å². The molecule has 0 saturated carbocycles. The SMILES string of the molecule is N#Cc1c(N)ccc2c1OC[C@@H]1CN2CCO1. The van der Waals surface area contributed by atoms with E-state index >= 15 is 0 Å². The van der Waals surface area contributed by atoms with Gasteiger partial charge in [-0.05, 0) is 12.1 Å². The van der Waals surface area contributed by atoms with Crippen LogP contribution in [0.4, 0.5) is 11.4 Å². The van der Waals surface area contributed by atoms with Crippen molar-refractivity contribution in [3.05, 3.63) is 17.7 Å². The third-order valence-corrected chi connectivity index (χ3v) is 3.17. The fourth-order valence-corrected chi connectivity index (χ4v) is 2.31. The van der Waals surface area contributed by atoms with Crippen molar-refractivity contribution in [1.29, 1.82) is 5.26 Å². The number of nitrogens with two attached hydrogens (primary N) is 1. The van der Waals surface area contributed by atoms with Gasteiger partial charge in [-0.25, -0.2) is 0 Å². The van der Waals surface area contributed by atoms with Gasteiger partial charge in [-0.15, -0.1) is 0 Å². The highest BCUT2D eigenvalue weighted by Crippen LogP contribution is 2.38. The molecule has 1 fully saturated rings. The normalized spacial score (nSPS) is 22.1. The number of rotatable bonds is 0. The highest BCUT2D eigenvalue weighted by atomic mass is 16.5. The van der Waals surface area contributed by atoms with Crippen LogP contribution in [0.1, 0.15) is 5.56 Å². The summed E-state index contributed by atoms with van der Waals surface area (Å²) in [5.74, 6) is 0.598. The predicted molar refractivity (Wildman–Crippen MR) is 63.0 cm³/mol. The Morgan fingerprint density at radius 3 is 3.18 bits per heavy atom. The summed E-state index contributed by atoms with van der Waals surface area (Å²) in [6.07, 6.45) is 0.0731. The molecular formula is C12H13N3O2. The Hall–Kier alpha value is -1.93. The predicted octanol–water partition coefficient (Wildman–Crippen LogP) is 0.738. The van der Waals surface area contributed by atoms with E-state index in [1.165, 1.54) is 0 Å². The number of nitrogen functional groups attached to an aromatic ring is 1. The number of hydrogen-bond donors (Lipinski definition) is 1. The van der Waals surface area contributed by atoms with Gasteiger partial charge in [0.05, 0.1) is 18.0 Å². The zero-order chi connectivity index (χ0) is 11.8. The molecule has 1 saturated heterocycles. The lowest BCUT2D eigenvalue weighted by Gasteiger charge is -2.31. The molecule has 0 aliphatic carbocycles. The standard InChI is InChI=1S/C12H13N3O2/c13-5-9-10(14)1-2-11-12(9)17-7-8-6-15(11)3-4-16-8/h1-2,8H,3-4,6-7,14H2/t8-/m0/s1. The van der Waals surface area contributed by atoms with Gasteiger partial charge in [0, 0.05) is 13.1 Å². The topological polar surface area (TPSA) is 71.5 Å². The van der Waals surface area contributed by atoms with Crippen molar-refractivity contribution in [2.45, 2.75) is 6.10 Å². The van der Waals surface area contributed by atoms with Crippen LogP contribution in [0, 0.1) is 11.3 Å². The molecule has 88 valence electrons. The molecule has 2 N–H and O–H groups in total. The Labute approximate surface area is 99.3 Å². The third-order valence-electron chi connectivity index (χ3n) is 3.17. The summed E-state index contributed by atoms with van der Waals surface area (Å²) in [5, 5.41) is 9.15. The summed E-state index contributed by atoms with van der Waals surface area (Å²) in [7, 11) is 0. The molecule has 1 aromatic rings. The van der Waals surface area contributed by atoms with E-state index < -0.39 is 0 Å². The second-order valence-corrected chi connectivity index (χ2v) is 4.24. The first-order valence-electron chi connectivity index (χ1n) is 5.61. The lowest BCUT2D eigenvalue weighted by Crippen LogP contribution is -2.43. The van der Waals surface area contributed by atoms with Crippen molar-refractivity contribution in [1.82, 2.24) is 0 Å². The summed E-state index contributed by atoms with van der Waals surface area (Å²) >= 11 is 0. The van der Waals surface area contributed by atoms with E-state index in [9.17, 15) is 0 Å². The zero-order valence-electron chi connectivity index (χ0n) is 9.35. The summed E-state index contributed by atoms with van der Waals surface area (Å²) in [5.41, 5.74) is 7.63. The number of nitriles is 1. The van der Waals surface area contributed by atoms with E-state index in [2.05, 4.69) is 11.0 Å². The van der Waals surface area contributed by atoms with Gasteiger partial charge in [0.15, 0.2) is 5.75 Å². The van der Waals surface area contributed by atoms with Gasteiger partial charge in [0.2, 0.25) is 0 Å². The van der Waals surface area contributed by atoms with E-state index in [1.54, 1.807) is 6.07 Å². The largest absolute Gasteiger partial charge is 0.487 e. The summed E-state index contributed by atoms with van der Waals surface area (Å²) in [4.78, 5) is 2.19. The molecule has 0 radical (unpaired) electrons. The van der Waals surface area contributed by atoms with Gasteiger partial charge in [-0.2, -0.15) is 5.26 Å². The maximum absolute atomic E-state index is 9.15. The molecule has 2 bridgehead atoms. The van der Waals surface area contributed by atoms with Gasteiger partial charge < -0.3 is 20.1 Å². The smallest absolute Gasteiger partial charge is 0.162 e. The monoisotopic (exact) mass is 231 g/mol. The van der Waals surface area contributed by atoms with Crippen LogP contribution in [0.3, 0.4) is 0 Å². The number of fused-ring (bicyclic) bond motifs is 4. The molecule has 0 amide bonds.